The minimum Gasteiger partial charge on any atom is -0.475 e. The number of nitriles is 2. The maximum atomic E-state index is 13.0. The average molecular weight is 415 g/mol. The summed E-state index contributed by atoms with van der Waals surface area (Å²) in [6, 6.07) is 9.57. The Labute approximate surface area is 173 Å². The topological polar surface area (TPSA) is 97.9 Å². The molecule has 1 unspecified atom stereocenters. The van der Waals surface area contributed by atoms with Gasteiger partial charge in [0, 0.05) is 31.3 Å². The van der Waals surface area contributed by atoms with Crippen LogP contribution in [0.15, 0.2) is 18.2 Å². The van der Waals surface area contributed by atoms with Gasteiger partial charge in [-0.1, -0.05) is 17.7 Å². The maximum Gasteiger partial charge on any atom is 0.213 e. The second-order valence-corrected chi connectivity index (χ2v) is 7.08. The Morgan fingerprint density at radius 3 is 2.90 bits per heavy atom. The highest BCUT2D eigenvalue weighted by molar-refractivity contribution is 6.30. The monoisotopic (exact) mass is 414 g/mol. The van der Waals surface area contributed by atoms with Gasteiger partial charge in [-0.2, -0.15) is 10.5 Å². The van der Waals surface area contributed by atoms with Gasteiger partial charge in [0.2, 0.25) is 5.88 Å². The summed E-state index contributed by atoms with van der Waals surface area (Å²) in [5.41, 5.74) is 2.88. The fourth-order valence-corrected chi connectivity index (χ4v) is 3.47. The van der Waals surface area contributed by atoms with Crippen molar-refractivity contribution in [3.05, 3.63) is 45.7 Å². The minimum absolute atomic E-state index is 0.0386. The number of fused-ring (bicyclic) bond motifs is 1. The van der Waals surface area contributed by atoms with E-state index in [1.54, 1.807) is 6.07 Å². The second kappa shape index (κ2) is 9.51. The smallest absolute Gasteiger partial charge is 0.213 e. The summed E-state index contributed by atoms with van der Waals surface area (Å²) >= 11 is 6.20. The fraction of sp³-hybridized carbons (Fsp3) is 0.400. The molecule has 1 N–H and O–H groups in total. The van der Waals surface area contributed by atoms with Crippen molar-refractivity contribution >= 4 is 17.4 Å². The maximum absolute atomic E-state index is 13.0. The second-order valence-electron chi connectivity index (χ2n) is 6.73. The highest BCUT2D eigenvalue weighted by Gasteiger charge is 2.25. The van der Waals surface area contributed by atoms with Crippen LogP contribution >= 0.6 is 11.6 Å². The third kappa shape index (κ3) is 5.11. The molecule has 3 heterocycles. The van der Waals surface area contributed by atoms with E-state index in [1.165, 1.54) is 6.92 Å². The van der Waals surface area contributed by atoms with Crippen molar-refractivity contribution in [1.82, 2.24) is 14.9 Å². The molecule has 3 rings (SSSR count). The van der Waals surface area contributed by atoms with Crippen LogP contribution in [0.1, 0.15) is 29.3 Å². The van der Waals surface area contributed by atoms with E-state index in [-0.39, 0.29) is 18.3 Å². The van der Waals surface area contributed by atoms with Crippen molar-refractivity contribution in [1.29, 1.82) is 10.5 Å². The molecule has 0 radical (unpaired) electrons. The van der Waals surface area contributed by atoms with Crippen LogP contribution in [0.2, 0.25) is 5.15 Å². The number of hydrogen-bond donors (Lipinski definition) is 1. The number of hydrogen-bond acceptors (Lipinski definition) is 7. The van der Waals surface area contributed by atoms with Gasteiger partial charge >= 0.3 is 0 Å². The van der Waals surface area contributed by atoms with Gasteiger partial charge in [-0.25, -0.2) is 14.4 Å². The molecular formula is C20H20ClFN6O. The van der Waals surface area contributed by atoms with Gasteiger partial charge in [0.1, 0.15) is 36.4 Å². The van der Waals surface area contributed by atoms with Gasteiger partial charge in [-0.15, -0.1) is 0 Å². The van der Waals surface area contributed by atoms with E-state index in [0.29, 0.717) is 36.8 Å². The Hall–Kier alpha value is -2.94. The van der Waals surface area contributed by atoms with E-state index in [4.69, 9.17) is 21.6 Å². The Balaban J connectivity index is 1.79. The first-order valence-electron chi connectivity index (χ1n) is 9.19. The van der Waals surface area contributed by atoms with Gasteiger partial charge in [0.05, 0.1) is 17.3 Å². The van der Waals surface area contributed by atoms with Crippen LogP contribution in [-0.4, -0.2) is 40.7 Å². The number of anilines is 1. The summed E-state index contributed by atoms with van der Waals surface area (Å²) in [7, 11) is 0. The third-order valence-electron chi connectivity index (χ3n) is 4.50. The molecule has 29 heavy (non-hydrogen) atoms. The van der Waals surface area contributed by atoms with E-state index >= 15 is 0 Å². The number of pyridine rings is 2. The molecule has 0 spiro atoms. The molecule has 0 aromatic carbocycles. The Morgan fingerprint density at radius 1 is 1.34 bits per heavy atom. The zero-order valence-electron chi connectivity index (χ0n) is 16.0. The van der Waals surface area contributed by atoms with E-state index in [0.717, 1.165) is 23.4 Å². The van der Waals surface area contributed by atoms with E-state index < -0.39 is 6.17 Å². The van der Waals surface area contributed by atoms with Crippen LogP contribution in [0.3, 0.4) is 0 Å². The average Bonchev–Trinajstić information content (AvgIpc) is 2.70. The Kier molecular flexibility index (Phi) is 6.82. The van der Waals surface area contributed by atoms with Crippen LogP contribution in [0.5, 0.6) is 5.88 Å². The third-order valence-corrected chi connectivity index (χ3v) is 4.78. The van der Waals surface area contributed by atoms with Crippen LogP contribution in [0, 0.1) is 22.7 Å². The van der Waals surface area contributed by atoms with E-state index in [1.807, 2.05) is 18.2 Å². The predicted octanol–water partition coefficient (Wildman–Crippen LogP) is 3.23. The lowest BCUT2D eigenvalue weighted by Gasteiger charge is -2.30. The van der Waals surface area contributed by atoms with Crippen molar-refractivity contribution in [2.24, 2.45) is 0 Å². The standard InChI is InChI=1S/C20H20ClFN6O/c1-13(22)12-29-18-4-2-3-14(26-18)10-28-8-5-15-17(11-28)16(9-24)19(21)27-20(15)25-7-6-23/h2-4,13H,5,7-8,10-12H2,1H3,(H,25,27). The number of halogens is 2. The van der Waals surface area contributed by atoms with Gasteiger partial charge in [0.15, 0.2) is 0 Å². The lowest BCUT2D eigenvalue weighted by Crippen LogP contribution is -2.32. The number of nitrogens with zero attached hydrogens (tertiary/aromatic N) is 5. The zero-order valence-corrected chi connectivity index (χ0v) is 16.7. The molecule has 0 fully saturated rings. The SMILES string of the molecule is CC(F)COc1cccc(CN2CCc3c(NCC#N)nc(Cl)c(C#N)c3C2)n1. The zero-order chi connectivity index (χ0) is 20.8. The number of rotatable bonds is 7. The highest BCUT2D eigenvalue weighted by Crippen LogP contribution is 2.32. The molecule has 0 saturated heterocycles. The summed E-state index contributed by atoms with van der Waals surface area (Å²) in [5.74, 6) is 0.941. The lowest BCUT2D eigenvalue weighted by molar-refractivity contribution is 0.201. The summed E-state index contributed by atoms with van der Waals surface area (Å²) < 4.78 is 18.3. The molecule has 2 aromatic heterocycles. The Morgan fingerprint density at radius 2 is 2.17 bits per heavy atom. The van der Waals surface area contributed by atoms with Crippen LogP contribution in [-0.2, 0) is 19.5 Å². The Bertz CT molecular complexity index is 969. The first kappa shape index (κ1) is 20.8. The van der Waals surface area contributed by atoms with Gasteiger partial charge in [-0.05, 0) is 25.0 Å². The van der Waals surface area contributed by atoms with Crippen LogP contribution in [0.4, 0.5) is 10.2 Å². The molecular weight excluding hydrogens is 395 g/mol. The normalized spacial score (nSPS) is 14.4. The van der Waals surface area contributed by atoms with E-state index in [2.05, 4.69) is 26.3 Å². The number of nitrogens with one attached hydrogen (secondary N) is 1. The first-order valence-corrected chi connectivity index (χ1v) is 9.57. The van der Waals surface area contributed by atoms with E-state index in [9.17, 15) is 9.65 Å². The molecule has 0 amide bonds. The van der Waals surface area contributed by atoms with Crippen molar-refractivity contribution in [3.63, 3.8) is 0 Å². The van der Waals surface area contributed by atoms with Crippen molar-refractivity contribution < 1.29 is 9.13 Å². The van der Waals surface area contributed by atoms with Crippen LogP contribution < -0.4 is 10.1 Å². The van der Waals surface area contributed by atoms with Gasteiger partial charge in [-0.3, -0.25) is 4.90 Å². The van der Waals surface area contributed by atoms with Gasteiger partial charge in [0.25, 0.3) is 0 Å². The molecule has 150 valence electrons. The summed E-state index contributed by atoms with van der Waals surface area (Å²) in [6.07, 6.45) is -0.400. The first-order chi connectivity index (χ1) is 14.0. The van der Waals surface area contributed by atoms with Crippen molar-refractivity contribution in [2.75, 3.05) is 25.0 Å². The van der Waals surface area contributed by atoms with Crippen molar-refractivity contribution in [3.8, 4) is 18.0 Å². The van der Waals surface area contributed by atoms with Gasteiger partial charge < -0.3 is 10.1 Å². The molecule has 1 aliphatic heterocycles. The molecule has 0 aliphatic carbocycles. The molecule has 2 aromatic rings. The quantitative estimate of drug-likeness (QED) is 0.548. The highest BCUT2D eigenvalue weighted by atomic mass is 35.5. The largest absolute Gasteiger partial charge is 0.475 e. The summed E-state index contributed by atoms with van der Waals surface area (Å²) in [6.45, 7) is 3.30. The lowest BCUT2D eigenvalue weighted by atomic mass is 9.96. The number of aromatic nitrogens is 2. The molecule has 0 saturated carbocycles. The molecule has 7 nitrogen and oxygen atoms in total. The summed E-state index contributed by atoms with van der Waals surface area (Å²) in [4.78, 5) is 10.8. The number of alkyl halides is 1. The molecule has 9 heteroatoms. The summed E-state index contributed by atoms with van der Waals surface area (Å²) in [5, 5.41) is 21.5. The molecule has 1 aliphatic rings. The number of ether oxygens (including phenoxy) is 1. The van der Waals surface area contributed by atoms with Crippen LogP contribution in [0.25, 0.3) is 0 Å². The van der Waals surface area contributed by atoms with Crippen molar-refractivity contribution in [2.45, 2.75) is 32.6 Å². The molecule has 0 bridgehead atoms. The molecule has 1 atom stereocenters. The fourth-order valence-electron chi connectivity index (χ4n) is 3.23. The minimum atomic E-state index is -1.06. The predicted molar refractivity (Wildman–Crippen MR) is 106 cm³/mol.